The van der Waals surface area contributed by atoms with E-state index in [9.17, 15) is 4.79 Å². The van der Waals surface area contributed by atoms with Crippen molar-refractivity contribution < 1.29 is 9.53 Å². The predicted octanol–water partition coefficient (Wildman–Crippen LogP) is 2.73. The Morgan fingerprint density at radius 1 is 1.37 bits per heavy atom. The van der Waals surface area contributed by atoms with Crippen molar-refractivity contribution in [1.82, 2.24) is 0 Å². The van der Waals surface area contributed by atoms with E-state index in [-0.39, 0.29) is 12.0 Å². The molecule has 0 saturated heterocycles. The second-order valence-corrected chi connectivity index (χ2v) is 4.33. The van der Waals surface area contributed by atoms with Gasteiger partial charge in [0.05, 0.1) is 18.2 Å². The number of nitrogens with zero attached hydrogens (tertiary/aromatic N) is 2. The number of rotatable bonds is 6. The summed E-state index contributed by atoms with van der Waals surface area (Å²) in [6.07, 6.45) is 1.65. The summed E-state index contributed by atoms with van der Waals surface area (Å²) in [4.78, 5) is 13.9. The quantitative estimate of drug-likeness (QED) is 0.738. The molecule has 0 aliphatic rings. The van der Waals surface area contributed by atoms with Crippen LogP contribution in [0.2, 0.25) is 0 Å². The zero-order valence-electron chi connectivity index (χ0n) is 11.7. The third kappa shape index (κ3) is 3.99. The Morgan fingerprint density at radius 3 is 2.47 bits per heavy atom. The van der Waals surface area contributed by atoms with E-state index < -0.39 is 0 Å². The van der Waals surface area contributed by atoms with Crippen LogP contribution in [0.5, 0.6) is 0 Å². The molecule has 0 heterocycles. The third-order valence-corrected chi connectivity index (χ3v) is 2.99. The highest BCUT2D eigenvalue weighted by Gasteiger charge is 2.23. The highest BCUT2D eigenvalue weighted by atomic mass is 16.5. The van der Waals surface area contributed by atoms with Gasteiger partial charge in [-0.05, 0) is 37.6 Å². The van der Waals surface area contributed by atoms with E-state index >= 15 is 0 Å². The van der Waals surface area contributed by atoms with Gasteiger partial charge in [-0.3, -0.25) is 0 Å². The summed E-state index contributed by atoms with van der Waals surface area (Å²) < 4.78 is 5.11. The first-order valence-electron chi connectivity index (χ1n) is 6.53. The molecule has 1 aromatic rings. The van der Waals surface area contributed by atoms with Crippen molar-refractivity contribution in [3.63, 3.8) is 0 Å². The number of carbonyl (C=O) groups is 1. The average Bonchev–Trinajstić information content (AvgIpc) is 2.44. The third-order valence-electron chi connectivity index (χ3n) is 2.99. The summed E-state index contributed by atoms with van der Waals surface area (Å²) in [6, 6.07) is 9.00. The molecule has 0 aliphatic heterocycles. The van der Waals surface area contributed by atoms with Crippen LogP contribution in [-0.4, -0.2) is 25.7 Å². The number of likely N-dealkylation sites (N-methyl/N-ethyl adjacent to an activating group) is 1. The van der Waals surface area contributed by atoms with Gasteiger partial charge < -0.3 is 9.64 Å². The number of nitriles is 1. The number of ether oxygens (including phenoxy) is 1. The highest BCUT2D eigenvalue weighted by Crippen LogP contribution is 2.19. The Morgan fingerprint density at radius 2 is 2.00 bits per heavy atom. The minimum atomic E-state index is -0.280. The van der Waals surface area contributed by atoms with Crippen molar-refractivity contribution in [2.75, 3.05) is 18.6 Å². The summed E-state index contributed by atoms with van der Waals surface area (Å²) in [5, 5.41) is 8.78. The highest BCUT2D eigenvalue weighted by molar-refractivity contribution is 5.80. The van der Waals surface area contributed by atoms with Gasteiger partial charge in [-0.15, -0.1) is 0 Å². The topological polar surface area (TPSA) is 53.3 Å². The SMILES string of the molecule is CCCC(C(=O)OCC)N(C)c1ccc(C#N)cc1. The van der Waals surface area contributed by atoms with Crippen molar-refractivity contribution in [2.45, 2.75) is 32.7 Å². The Balaban J connectivity index is 2.88. The number of carbonyl (C=O) groups excluding carboxylic acids is 1. The number of benzene rings is 1. The van der Waals surface area contributed by atoms with Crippen LogP contribution in [0.3, 0.4) is 0 Å². The maximum absolute atomic E-state index is 12.0. The Hall–Kier alpha value is -2.02. The minimum absolute atomic E-state index is 0.198. The van der Waals surface area contributed by atoms with Crippen LogP contribution in [0.4, 0.5) is 5.69 Å². The largest absolute Gasteiger partial charge is 0.464 e. The monoisotopic (exact) mass is 260 g/mol. The summed E-state index contributed by atoms with van der Waals surface area (Å²) in [7, 11) is 1.87. The molecule has 1 unspecified atom stereocenters. The smallest absolute Gasteiger partial charge is 0.328 e. The lowest BCUT2D eigenvalue weighted by molar-refractivity contribution is -0.144. The fourth-order valence-electron chi connectivity index (χ4n) is 1.93. The summed E-state index contributed by atoms with van der Waals surface area (Å²) in [5.74, 6) is -0.198. The molecule has 0 fully saturated rings. The Bertz CT molecular complexity index is 448. The fourth-order valence-corrected chi connectivity index (χ4v) is 1.93. The van der Waals surface area contributed by atoms with Crippen LogP contribution in [0.25, 0.3) is 0 Å². The standard InChI is InChI=1S/C15H20N2O2/c1-4-6-14(15(18)19-5-2)17(3)13-9-7-12(11-16)8-10-13/h7-10,14H,4-6H2,1-3H3. The molecule has 1 rings (SSSR count). The fraction of sp³-hybridized carbons (Fsp3) is 0.467. The number of esters is 1. The van der Waals surface area contributed by atoms with Gasteiger partial charge in [0.1, 0.15) is 6.04 Å². The van der Waals surface area contributed by atoms with E-state index in [1.807, 2.05) is 37.9 Å². The normalized spacial score (nSPS) is 11.5. The van der Waals surface area contributed by atoms with Crippen molar-refractivity contribution in [2.24, 2.45) is 0 Å². The zero-order chi connectivity index (χ0) is 14.3. The van der Waals surface area contributed by atoms with E-state index in [0.717, 1.165) is 18.5 Å². The van der Waals surface area contributed by atoms with Crippen molar-refractivity contribution in [3.8, 4) is 6.07 Å². The molecular formula is C15H20N2O2. The predicted molar refractivity (Wildman–Crippen MR) is 74.9 cm³/mol. The van der Waals surface area contributed by atoms with Gasteiger partial charge in [-0.1, -0.05) is 13.3 Å². The van der Waals surface area contributed by atoms with E-state index in [1.54, 1.807) is 12.1 Å². The van der Waals surface area contributed by atoms with Crippen LogP contribution in [0, 0.1) is 11.3 Å². The number of anilines is 1. The number of hydrogen-bond donors (Lipinski definition) is 0. The molecule has 1 atom stereocenters. The maximum Gasteiger partial charge on any atom is 0.328 e. The molecule has 0 saturated carbocycles. The van der Waals surface area contributed by atoms with Crippen LogP contribution in [0.15, 0.2) is 24.3 Å². The zero-order valence-corrected chi connectivity index (χ0v) is 11.7. The second kappa shape index (κ2) is 7.42. The molecule has 0 aliphatic carbocycles. The lowest BCUT2D eigenvalue weighted by Crippen LogP contribution is -2.39. The summed E-state index contributed by atoms with van der Waals surface area (Å²) in [5.41, 5.74) is 1.52. The van der Waals surface area contributed by atoms with Gasteiger partial charge in [0.25, 0.3) is 0 Å². The van der Waals surface area contributed by atoms with Crippen LogP contribution in [0.1, 0.15) is 32.3 Å². The molecule has 4 nitrogen and oxygen atoms in total. The van der Waals surface area contributed by atoms with Crippen molar-refractivity contribution >= 4 is 11.7 Å². The van der Waals surface area contributed by atoms with Gasteiger partial charge in [0.15, 0.2) is 0 Å². The first-order chi connectivity index (χ1) is 9.13. The average molecular weight is 260 g/mol. The molecule has 0 N–H and O–H groups in total. The molecule has 1 aromatic carbocycles. The van der Waals surface area contributed by atoms with Gasteiger partial charge in [0, 0.05) is 12.7 Å². The molecule has 4 heteroatoms. The van der Waals surface area contributed by atoms with E-state index in [2.05, 4.69) is 6.07 Å². The van der Waals surface area contributed by atoms with E-state index in [1.165, 1.54) is 0 Å². The minimum Gasteiger partial charge on any atom is -0.464 e. The van der Waals surface area contributed by atoms with Crippen molar-refractivity contribution in [3.05, 3.63) is 29.8 Å². The Kier molecular flexibility index (Phi) is 5.87. The maximum atomic E-state index is 12.0. The second-order valence-electron chi connectivity index (χ2n) is 4.33. The molecule has 102 valence electrons. The van der Waals surface area contributed by atoms with Crippen LogP contribution in [-0.2, 0) is 9.53 Å². The van der Waals surface area contributed by atoms with Gasteiger partial charge in [0.2, 0.25) is 0 Å². The molecule has 19 heavy (non-hydrogen) atoms. The Labute approximate surface area is 114 Å². The molecule has 0 bridgehead atoms. The molecule has 0 amide bonds. The van der Waals surface area contributed by atoms with Crippen molar-refractivity contribution in [1.29, 1.82) is 5.26 Å². The molecular weight excluding hydrogens is 240 g/mol. The van der Waals surface area contributed by atoms with Gasteiger partial charge >= 0.3 is 5.97 Å². The molecule has 0 aromatic heterocycles. The number of hydrogen-bond acceptors (Lipinski definition) is 4. The van der Waals surface area contributed by atoms with Crippen LogP contribution < -0.4 is 4.90 Å². The lowest BCUT2D eigenvalue weighted by Gasteiger charge is -2.28. The van der Waals surface area contributed by atoms with Gasteiger partial charge in [-0.2, -0.15) is 5.26 Å². The lowest BCUT2D eigenvalue weighted by atomic mass is 10.1. The first kappa shape index (κ1) is 15.0. The van der Waals surface area contributed by atoms with E-state index in [4.69, 9.17) is 10.00 Å². The first-order valence-corrected chi connectivity index (χ1v) is 6.53. The van der Waals surface area contributed by atoms with E-state index in [0.29, 0.717) is 12.2 Å². The molecule has 0 radical (unpaired) electrons. The van der Waals surface area contributed by atoms with Gasteiger partial charge in [-0.25, -0.2) is 4.79 Å². The summed E-state index contributed by atoms with van der Waals surface area (Å²) >= 11 is 0. The summed E-state index contributed by atoms with van der Waals surface area (Å²) in [6.45, 7) is 4.24. The van der Waals surface area contributed by atoms with Crippen LogP contribution >= 0.6 is 0 Å². The molecule has 0 spiro atoms.